The fraction of sp³-hybridized carbons (Fsp3) is 0.429. The van der Waals surface area contributed by atoms with Crippen LogP contribution in [0.5, 0.6) is 0 Å². The van der Waals surface area contributed by atoms with E-state index in [1.54, 1.807) is 0 Å². The Balaban J connectivity index is 2.04. The van der Waals surface area contributed by atoms with Crippen molar-refractivity contribution in [1.29, 1.82) is 0 Å². The van der Waals surface area contributed by atoms with Gasteiger partial charge in [0.05, 0.1) is 0 Å². The number of hydrogen-bond acceptors (Lipinski definition) is 3. The Morgan fingerprint density at radius 3 is 2.32 bits per heavy atom. The minimum atomic E-state index is -1.01. The van der Waals surface area contributed by atoms with E-state index in [-0.39, 0.29) is 5.91 Å². The Morgan fingerprint density at radius 2 is 1.79 bits per heavy atom. The van der Waals surface area contributed by atoms with Crippen molar-refractivity contribution >= 4 is 17.6 Å². The molecule has 0 saturated carbocycles. The van der Waals surface area contributed by atoms with Crippen molar-refractivity contribution in [2.45, 2.75) is 38.9 Å². The van der Waals surface area contributed by atoms with Crippen LogP contribution in [-0.2, 0) is 14.3 Å². The van der Waals surface area contributed by atoms with Crippen LogP contribution < -0.4 is 5.32 Å². The minimum Gasteiger partial charge on any atom is -0.479 e. The van der Waals surface area contributed by atoms with E-state index in [1.165, 1.54) is 0 Å². The predicted octanol–water partition coefficient (Wildman–Crippen LogP) is 1.87. The highest BCUT2D eigenvalue weighted by Crippen LogP contribution is 2.24. The van der Waals surface area contributed by atoms with Crippen molar-refractivity contribution in [2.75, 3.05) is 5.32 Å². The molecule has 1 aromatic rings. The van der Waals surface area contributed by atoms with Crippen LogP contribution in [0.25, 0.3) is 0 Å². The first kappa shape index (κ1) is 13.5. The number of carbonyl (C=O) groups is 2. The van der Waals surface area contributed by atoms with Gasteiger partial charge in [0, 0.05) is 5.69 Å². The van der Waals surface area contributed by atoms with Gasteiger partial charge in [-0.1, -0.05) is 18.2 Å². The Morgan fingerprint density at radius 1 is 1.21 bits per heavy atom. The molecule has 0 spiro atoms. The molecule has 1 saturated heterocycles. The molecule has 5 heteroatoms. The number of carboxylic acids is 1. The molecule has 1 fully saturated rings. The summed E-state index contributed by atoms with van der Waals surface area (Å²) < 4.78 is 5.23. The van der Waals surface area contributed by atoms with Crippen molar-refractivity contribution in [3.63, 3.8) is 0 Å². The number of amides is 1. The molecule has 19 heavy (non-hydrogen) atoms. The Hall–Kier alpha value is -1.88. The number of ether oxygens (including phenoxy) is 1. The Labute approximate surface area is 111 Å². The minimum absolute atomic E-state index is 0.277. The van der Waals surface area contributed by atoms with E-state index in [9.17, 15) is 9.59 Å². The van der Waals surface area contributed by atoms with E-state index < -0.39 is 18.2 Å². The summed E-state index contributed by atoms with van der Waals surface area (Å²) in [6.07, 6.45) is -0.734. The average molecular weight is 263 g/mol. The van der Waals surface area contributed by atoms with E-state index in [2.05, 4.69) is 5.32 Å². The SMILES string of the molecule is Cc1cccc(C)c1NC(=O)[C@@H]1CC[C@H](C(=O)O)O1. The molecular formula is C14H17NO4. The van der Waals surface area contributed by atoms with Gasteiger partial charge >= 0.3 is 5.97 Å². The first-order valence-corrected chi connectivity index (χ1v) is 6.24. The molecule has 2 N–H and O–H groups in total. The fourth-order valence-electron chi connectivity index (χ4n) is 2.23. The Bertz CT molecular complexity index is 492. The average Bonchev–Trinajstić information content (AvgIpc) is 2.83. The standard InChI is InChI=1S/C14H17NO4/c1-8-4-3-5-9(2)12(8)15-13(16)10-6-7-11(19-10)14(17)18/h3-5,10-11H,6-7H2,1-2H3,(H,15,16)(H,17,18)/t10-,11+/m0/s1. The molecule has 0 aromatic heterocycles. The van der Waals surface area contributed by atoms with Gasteiger partial charge in [-0.2, -0.15) is 0 Å². The summed E-state index contributed by atoms with van der Waals surface area (Å²) in [4.78, 5) is 22.8. The number of aliphatic carboxylic acids is 1. The van der Waals surface area contributed by atoms with E-state index in [0.29, 0.717) is 12.8 Å². The highest BCUT2D eigenvalue weighted by atomic mass is 16.5. The Kier molecular flexibility index (Phi) is 3.85. The highest BCUT2D eigenvalue weighted by molar-refractivity contribution is 5.96. The second-order valence-electron chi connectivity index (χ2n) is 4.79. The molecule has 102 valence electrons. The molecule has 2 rings (SSSR count). The molecule has 0 aliphatic carbocycles. The number of rotatable bonds is 3. The van der Waals surface area contributed by atoms with Gasteiger partial charge in [-0.15, -0.1) is 0 Å². The lowest BCUT2D eigenvalue weighted by molar-refractivity contribution is -0.150. The number of carboxylic acid groups (broad SMARTS) is 1. The molecule has 0 radical (unpaired) electrons. The van der Waals surface area contributed by atoms with Gasteiger partial charge < -0.3 is 15.2 Å². The molecular weight excluding hydrogens is 246 g/mol. The lowest BCUT2D eigenvalue weighted by Crippen LogP contribution is -2.30. The van der Waals surface area contributed by atoms with E-state index >= 15 is 0 Å². The summed E-state index contributed by atoms with van der Waals surface area (Å²) in [5.41, 5.74) is 2.72. The van der Waals surface area contributed by atoms with Crippen molar-refractivity contribution in [3.05, 3.63) is 29.3 Å². The van der Waals surface area contributed by atoms with Crippen LogP contribution in [-0.4, -0.2) is 29.2 Å². The van der Waals surface area contributed by atoms with Crippen molar-refractivity contribution < 1.29 is 19.4 Å². The highest BCUT2D eigenvalue weighted by Gasteiger charge is 2.34. The number of carbonyl (C=O) groups excluding carboxylic acids is 1. The van der Waals surface area contributed by atoms with Crippen LogP contribution in [0.15, 0.2) is 18.2 Å². The molecule has 0 bridgehead atoms. The summed E-state index contributed by atoms with van der Waals surface area (Å²) in [6.45, 7) is 3.83. The summed E-state index contributed by atoms with van der Waals surface area (Å²) >= 11 is 0. The van der Waals surface area contributed by atoms with Crippen molar-refractivity contribution in [3.8, 4) is 0 Å². The van der Waals surface area contributed by atoms with E-state index in [4.69, 9.17) is 9.84 Å². The molecule has 5 nitrogen and oxygen atoms in total. The van der Waals surface area contributed by atoms with Crippen LogP contribution in [0.2, 0.25) is 0 Å². The molecule has 1 heterocycles. The zero-order chi connectivity index (χ0) is 14.0. The third kappa shape index (κ3) is 2.93. The first-order valence-electron chi connectivity index (χ1n) is 6.24. The second kappa shape index (κ2) is 5.40. The third-order valence-corrected chi connectivity index (χ3v) is 3.32. The number of para-hydroxylation sites is 1. The molecule has 1 amide bonds. The van der Waals surface area contributed by atoms with Gasteiger partial charge in [0.1, 0.15) is 6.10 Å². The number of nitrogens with one attached hydrogen (secondary N) is 1. The molecule has 1 aromatic carbocycles. The van der Waals surface area contributed by atoms with Crippen molar-refractivity contribution in [2.24, 2.45) is 0 Å². The second-order valence-corrected chi connectivity index (χ2v) is 4.79. The van der Waals surface area contributed by atoms with E-state index in [0.717, 1.165) is 16.8 Å². The number of anilines is 1. The smallest absolute Gasteiger partial charge is 0.332 e. The first-order chi connectivity index (χ1) is 8.99. The van der Waals surface area contributed by atoms with Gasteiger partial charge in [0.15, 0.2) is 6.10 Å². The van der Waals surface area contributed by atoms with Crippen LogP contribution in [0.1, 0.15) is 24.0 Å². The maximum Gasteiger partial charge on any atom is 0.332 e. The monoisotopic (exact) mass is 263 g/mol. The van der Waals surface area contributed by atoms with Crippen LogP contribution >= 0.6 is 0 Å². The maximum absolute atomic E-state index is 12.1. The third-order valence-electron chi connectivity index (χ3n) is 3.32. The fourth-order valence-corrected chi connectivity index (χ4v) is 2.23. The molecule has 1 aliphatic heterocycles. The maximum atomic E-state index is 12.1. The molecule has 1 aliphatic rings. The predicted molar refractivity (Wildman–Crippen MR) is 70.1 cm³/mol. The van der Waals surface area contributed by atoms with Gasteiger partial charge in [0.25, 0.3) is 5.91 Å². The van der Waals surface area contributed by atoms with Crippen LogP contribution in [0, 0.1) is 13.8 Å². The van der Waals surface area contributed by atoms with Crippen LogP contribution in [0.3, 0.4) is 0 Å². The lowest BCUT2D eigenvalue weighted by Gasteiger charge is -2.15. The van der Waals surface area contributed by atoms with Gasteiger partial charge in [-0.25, -0.2) is 4.79 Å². The zero-order valence-corrected chi connectivity index (χ0v) is 11.0. The number of hydrogen-bond donors (Lipinski definition) is 2. The van der Waals surface area contributed by atoms with Gasteiger partial charge in [-0.3, -0.25) is 4.79 Å². The summed E-state index contributed by atoms with van der Waals surface area (Å²) in [6, 6.07) is 5.75. The summed E-state index contributed by atoms with van der Waals surface area (Å²) in [5.74, 6) is -1.29. The number of aryl methyl sites for hydroxylation is 2. The number of benzene rings is 1. The van der Waals surface area contributed by atoms with Crippen LogP contribution in [0.4, 0.5) is 5.69 Å². The summed E-state index contributed by atoms with van der Waals surface area (Å²) in [5, 5.41) is 11.7. The van der Waals surface area contributed by atoms with E-state index in [1.807, 2.05) is 32.0 Å². The van der Waals surface area contributed by atoms with Crippen molar-refractivity contribution in [1.82, 2.24) is 0 Å². The quantitative estimate of drug-likeness (QED) is 0.873. The molecule has 2 atom stereocenters. The van der Waals surface area contributed by atoms with Gasteiger partial charge in [-0.05, 0) is 37.8 Å². The lowest BCUT2D eigenvalue weighted by atomic mass is 10.1. The largest absolute Gasteiger partial charge is 0.479 e. The molecule has 0 unspecified atom stereocenters. The zero-order valence-electron chi connectivity index (χ0n) is 11.0. The summed E-state index contributed by atoms with van der Waals surface area (Å²) in [7, 11) is 0. The van der Waals surface area contributed by atoms with Gasteiger partial charge in [0.2, 0.25) is 0 Å². The topological polar surface area (TPSA) is 75.6 Å². The normalized spacial score (nSPS) is 22.2.